The summed E-state index contributed by atoms with van der Waals surface area (Å²) in [6.45, 7) is 1.97. The minimum Gasteiger partial charge on any atom is -0.486 e. The van der Waals surface area contributed by atoms with Crippen LogP contribution in [0.5, 0.6) is 0 Å². The molecular formula is C30H19IrN3OS-2. The van der Waals surface area contributed by atoms with E-state index in [0.717, 1.165) is 49.3 Å². The van der Waals surface area contributed by atoms with E-state index in [1.54, 1.807) is 17.5 Å². The summed E-state index contributed by atoms with van der Waals surface area (Å²) in [5, 5.41) is 5.35. The van der Waals surface area contributed by atoms with Crippen molar-refractivity contribution in [3.05, 3.63) is 114 Å². The fraction of sp³-hybridized carbons (Fsp3) is 0.0333. The van der Waals surface area contributed by atoms with E-state index < -0.39 is 0 Å². The predicted molar refractivity (Wildman–Crippen MR) is 142 cm³/mol. The Morgan fingerprint density at radius 1 is 0.806 bits per heavy atom. The third-order valence-electron chi connectivity index (χ3n) is 5.69. The van der Waals surface area contributed by atoms with Crippen molar-refractivity contribution in [1.82, 2.24) is 15.0 Å². The number of fused-ring (bicyclic) bond motifs is 4. The Morgan fingerprint density at radius 3 is 2.56 bits per heavy atom. The molecular weight excluding hydrogens is 643 g/mol. The van der Waals surface area contributed by atoms with Crippen molar-refractivity contribution in [3.8, 4) is 22.5 Å². The number of rotatable bonds is 2. The zero-order valence-electron chi connectivity index (χ0n) is 19.2. The average Bonchev–Trinajstić information content (AvgIpc) is 3.54. The first-order valence-electron chi connectivity index (χ1n) is 11.2. The van der Waals surface area contributed by atoms with Crippen LogP contribution in [0.3, 0.4) is 0 Å². The van der Waals surface area contributed by atoms with E-state index in [4.69, 9.17) is 4.42 Å². The molecule has 0 saturated heterocycles. The second-order valence-electron chi connectivity index (χ2n) is 7.99. The summed E-state index contributed by atoms with van der Waals surface area (Å²) in [4.78, 5) is 13.3. The number of nitrogens with zero attached hydrogens (tertiary/aromatic N) is 3. The van der Waals surface area contributed by atoms with Gasteiger partial charge in [0.15, 0.2) is 0 Å². The van der Waals surface area contributed by atoms with E-state index in [0.29, 0.717) is 5.71 Å². The molecule has 1 radical (unpaired) electrons. The molecule has 0 amide bonds. The van der Waals surface area contributed by atoms with Gasteiger partial charge in [0.2, 0.25) is 5.71 Å². The van der Waals surface area contributed by atoms with Crippen LogP contribution in [0.1, 0.15) is 5.69 Å². The molecule has 7 aromatic rings. The summed E-state index contributed by atoms with van der Waals surface area (Å²) in [5.74, 6) is 0. The van der Waals surface area contributed by atoms with Gasteiger partial charge in [0, 0.05) is 54.0 Å². The molecule has 2 aromatic carbocycles. The SMILES string of the molecule is Cc1ccc2c(n1)oc1c(-c3nccc4ccsc34)[c-]ccc12.[Ir].[c-]1ccccc1-c1ccccn1. The van der Waals surface area contributed by atoms with E-state index in [1.165, 1.54) is 5.39 Å². The zero-order chi connectivity index (χ0) is 23.6. The van der Waals surface area contributed by atoms with E-state index in [-0.39, 0.29) is 20.1 Å². The Balaban J connectivity index is 0.000000175. The first-order chi connectivity index (χ1) is 17.3. The van der Waals surface area contributed by atoms with Gasteiger partial charge in [0.1, 0.15) is 0 Å². The minimum atomic E-state index is 0. The quantitative estimate of drug-likeness (QED) is 0.177. The van der Waals surface area contributed by atoms with E-state index in [1.807, 2.05) is 79.9 Å². The number of pyridine rings is 3. The van der Waals surface area contributed by atoms with E-state index >= 15 is 0 Å². The summed E-state index contributed by atoms with van der Waals surface area (Å²) in [6, 6.07) is 32.3. The molecule has 0 spiro atoms. The Morgan fingerprint density at radius 2 is 1.72 bits per heavy atom. The van der Waals surface area contributed by atoms with Gasteiger partial charge in [-0.15, -0.1) is 54.1 Å². The summed E-state index contributed by atoms with van der Waals surface area (Å²) < 4.78 is 7.22. The first-order valence-corrected chi connectivity index (χ1v) is 12.1. The summed E-state index contributed by atoms with van der Waals surface area (Å²) in [7, 11) is 0. The molecule has 0 fully saturated rings. The zero-order valence-corrected chi connectivity index (χ0v) is 22.4. The number of furan rings is 1. The van der Waals surface area contributed by atoms with Gasteiger partial charge in [0.25, 0.3) is 0 Å². The molecule has 0 atom stereocenters. The summed E-state index contributed by atoms with van der Waals surface area (Å²) in [5.41, 5.74) is 6.23. The van der Waals surface area contributed by atoms with Crippen molar-refractivity contribution in [2.75, 3.05) is 0 Å². The molecule has 0 bridgehead atoms. The van der Waals surface area contributed by atoms with Crippen LogP contribution in [0.4, 0.5) is 0 Å². The number of hydrogen-bond acceptors (Lipinski definition) is 5. The number of thiophene rings is 1. The van der Waals surface area contributed by atoms with E-state index in [2.05, 4.69) is 44.6 Å². The molecule has 0 N–H and O–H groups in total. The molecule has 177 valence electrons. The molecule has 5 heterocycles. The van der Waals surface area contributed by atoms with Crippen LogP contribution in [0, 0.1) is 19.1 Å². The minimum absolute atomic E-state index is 0. The maximum Gasteiger partial charge on any atom is 0.216 e. The third-order valence-corrected chi connectivity index (χ3v) is 6.63. The predicted octanol–water partition coefficient (Wildman–Crippen LogP) is 7.91. The Hall–Kier alpha value is -3.70. The fourth-order valence-electron chi connectivity index (χ4n) is 4.04. The Bertz CT molecular complexity index is 1720. The molecule has 5 aromatic heterocycles. The molecule has 7 rings (SSSR count). The molecule has 0 aliphatic heterocycles. The van der Waals surface area contributed by atoms with E-state index in [9.17, 15) is 0 Å². The molecule has 0 saturated carbocycles. The molecule has 36 heavy (non-hydrogen) atoms. The summed E-state index contributed by atoms with van der Waals surface area (Å²) in [6.07, 6.45) is 3.62. The number of hydrogen-bond donors (Lipinski definition) is 0. The van der Waals surface area contributed by atoms with Gasteiger partial charge < -0.3 is 14.4 Å². The molecule has 4 nitrogen and oxygen atoms in total. The maximum atomic E-state index is 6.07. The average molecular weight is 662 g/mol. The van der Waals surface area contributed by atoms with Crippen LogP contribution in [-0.2, 0) is 20.1 Å². The van der Waals surface area contributed by atoms with Crippen molar-refractivity contribution in [2.24, 2.45) is 0 Å². The topological polar surface area (TPSA) is 51.8 Å². The van der Waals surface area contributed by atoms with Crippen molar-refractivity contribution in [1.29, 1.82) is 0 Å². The fourth-order valence-corrected chi connectivity index (χ4v) is 4.93. The van der Waals surface area contributed by atoms with Crippen LogP contribution >= 0.6 is 11.3 Å². The van der Waals surface area contributed by atoms with Crippen LogP contribution in [0.15, 0.2) is 101 Å². The van der Waals surface area contributed by atoms with Gasteiger partial charge in [0.05, 0.1) is 5.58 Å². The standard InChI is InChI=1S/C19H11N2OS.C11H8N.Ir/c1-11-5-6-14-13-3-2-4-15(17(13)22-19(14)21-11)16-18-12(7-9-20-16)8-10-23-18;1-2-6-10(7-3-1)11-8-4-5-9-12-11;/h2-3,5-10H,1H3;1-6,8-9H;/q2*-1;. The molecule has 0 unspecified atom stereocenters. The van der Waals surface area contributed by atoms with Crippen LogP contribution in [-0.4, -0.2) is 15.0 Å². The van der Waals surface area contributed by atoms with Crippen molar-refractivity contribution in [3.63, 3.8) is 0 Å². The van der Waals surface area contributed by atoms with Gasteiger partial charge in [-0.05, 0) is 53.7 Å². The second-order valence-corrected chi connectivity index (χ2v) is 8.91. The molecule has 6 heteroatoms. The molecule has 0 aliphatic carbocycles. The number of aromatic nitrogens is 3. The van der Waals surface area contributed by atoms with Crippen molar-refractivity contribution < 1.29 is 24.5 Å². The van der Waals surface area contributed by atoms with Crippen molar-refractivity contribution in [2.45, 2.75) is 6.92 Å². The smallest absolute Gasteiger partial charge is 0.216 e. The third kappa shape index (κ3) is 4.59. The first kappa shape index (κ1) is 24.0. The van der Waals surface area contributed by atoms with Gasteiger partial charge in [-0.1, -0.05) is 23.1 Å². The van der Waals surface area contributed by atoms with Gasteiger partial charge in [-0.25, -0.2) is 4.98 Å². The maximum absolute atomic E-state index is 6.07. The van der Waals surface area contributed by atoms with Crippen molar-refractivity contribution >= 4 is 43.5 Å². The normalized spacial score (nSPS) is 10.7. The van der Waals surface area contributed by atoms with Crippen LogP contribution < -0.4 is 0 Å². The van der Waals surface area contributed by atoms with Gasteiger partial charge in [-0.2, -0.15) is 11.3 Å². The number of aryl methyl sites for hydroxylation is 1. The summed E-state index contributed by atoms with van der Waals surface area (Å²) >= 11 is 1.69. The Kier molecular flexibility index (Phi) is 7.01. The van der Waals surface area contributed by atoms with Gasteiger partial charge >= 0.3 is 0 Å². The molecule has 0 aliphatic rings. The van der Waals surface area contributed by atoms with Crippen LogP contribution in [0.2, 0.25) is 0 Å². The Labute approximate surface area is 226 Å². The van der Waals surface area contributed by atoms with Gasteiger partial charge in [-0.3, -0.25) is 0 Å². The monoisotopic (exact) mass is 662 g/mol. The number of benzene rings is 2. The second kappa shape index (κ2) is 10.5. The largest absolute Gasteiger partial charge is 0.486 e. The van der Waals surface area contributed by atoms with Crippen LogP contribution in [0.25, 0.3) is 54.7 Å².